The second-order valence-electron chi connectivity index (χ2n) is 10.4. The fourth-order valence-electron chi connectivity index (χ4n) is 4.56. The van der Waals surface area contributed by atoms with Crippen LogP contribution in [0.15, 0.2) is 85.5 Å². The predicted molar refractivity (Wildman–Crippen MR) is 166 cm³/mol. The van der Waals surface area contributed by atoms with E-state index >= 15 is 0 Å². The number of allylic oxidation sites excluding steroid dienone is 1. The first kappa shape index (κ1) is 31.0. The molecule has 1 atom stereocenters. The first-order valence-electron chi connectivity index (χ1n) is 15.0. The van der Waals surface area contributed by atoms with Crippen LogP contribution >= 0.6 is 0 Å². The summed E-state index contributed by atoms with van der Waals surface area (Å²) in [6.07, 6.45) is 15.3. The first-order valence-corrected chi connectivity index (χ1v) is 15.0. The Kier molecular flexibility index (Phi) is 13.9. The molecule has 214 valence electrons. The average molecular weight is 543 g/mol. The summed E-state index contributed by atoms with van der Waals surface area (Å²) in [6, 6.07) is 22.9. The highest BCUT2D eigenvalue weighted by Crippen LogP contribution is 2.26. The van der Waals surface area contributed by atoms with Gasteiger partial charge in [0.05, 0.1) is 18.3 Å². The van der Waals surface area contributed by atoms with Crippen LogP contribution in [-0.4, -0.2) is 18.7 Å². The Bertz CT molecular complexity index is 1120. The molecule has 3 aromatic carbocycles. The largest absolute Gasteiger partial charge is 0.494 e. The lowest BCUT2D eigenvalue weighted by molar-refractivity contribution is 0.0734. The standard InChI is InChI=1S/C36H46O4/c1-4-6-8-10-11-12-14-28-38-33-22-20-32(21-23-33)36(37)40-35-26-18-31(19-27-35)30-16-24-34(25-17-30)39-29(3)15-13-9-7-5-2/h4,16-27,29H,1,5-15,28H2,2-3H3. The number of hydrogen-bond donors (Lipinski definition) is 0. The van der Waals surface area contributed by atoms with Crippen LogP contribution in [0.2, 0.25) is 0 Å². The van der Waals surface area contributed by atoms with E-state index in [1.54, 1.807) is 12.1 Å². The molecule has 4 heteroatoms. The van der Waals surface area contributed by atoms with Gasteiger partial charge in [0.15, 0.2) is 0 Å². The van der Waals surface area contributed by atoms with Crippen LogP contribution in [0.1, 0.15) is 94.8 Å². The molecule has 4 nitrogen and oxygen atoms in total. The van der Waals surface area contributed by atoms with Gasteiger partial charge in [-0.2, -0.15) is 0 Å². The van der Waals surface area contributed by atoms with E-state index in [0.717, 1.165) is 41.9 Å². The normalized spacial score (nSPS) is 11.6. The third-order valence-electron chi connectivity index (χ3n) is 6.97. The molecule has 0 bridgehead atoms. The number of carbonyl (C=O) groups excluding carboxylic acids is 1. The van der Waals surface area contributed by atoms with Crippen molar-refractivity contribution in [2.75, 3.05) is 6.61 Å². The molecule has 0 fully saturated rings. The summed E-state index contributed by atoms with van der Waals surface area (Å²) >= 11 is 0. The molecule has 0 aliphatic heterocycles. The zero-order valence-corrected chi connectivity index (χ0v) is 24.4. The molecular weight excluding hydrogens is 496 g/mol. The van der Waals surface area contributed by atoms with Crippen LogP contribution in [0, 0.1) is 0 Å². The number of carbonyl (C=O) groups is 1. The van der Waals surface area contributed by atoms with Gasteiger partial charge in [-0.15, -0.1) is 6.58 Å². The lowest BCUT2D eigenvalue weighted by Gasteiger charge is -2.15. The zero-order valence-electron chi connectivity index (χ0n) is 24.4. The van der Waals surface area contributed by atoms with E-state index < -0.39 is 0 Å². The van der Waals surface area contributed by atoms with Gasteiger partial charge >= 0.3 is 5.97 Å². The van der Waals surface area contributed by atoms with Crippen molar-refractivity contribution in [3.8, 4) is 28.4 Å². The Labute approximate surface area is 241 Å². The summed E-state index contributed by atoms with van der Waals surface area (Å²) in [6.45, 7) is 8.81. The van der Waals surface area contributed by atoms with Crippen LogP contribution in [0.5, 0.6) is 17.2 Å². The number of hydrogen-bond acceptors (Lipinski definition) is 4. The highest BCUT2D eigenvalue weighted by molar-refractivity contribution is 5.91. The van der Waals surface area contributed by atoms with Crippen LogP contribution in [0.25, 0.3) is 11.1 Å². The van der Waals surface area contributed by atoms with Crippen molar-refractivity contribution in [2.24, 2.45) is 0 Å². The maximum Gasteiger partial charge on any atom is 0.343 e. The van der Waals surface area contributed by atoms with Gasteiger partial charge in [-0.25, -0.2) is 4.79 Å². The van der Waals surface area contributed by atoms with E-state index in [2.05, 4.69) is 32.6 Å². The van der Waals surface area contributed by atoms with Crippen LogP contribution in [-0.2, 0) is 0 Å². The Morgan fingerprint density at radius 1 is 0.725 bits per heavy atom. The van der Waals surface area contributed by atoms with E-state index in [1.807, 2.05) is 54.6 Å². The number of benzene rings is 3. The zero-order chi connectivity index (χ0) is 28.4. The minimum Gasteiger partial charge on any atom is -0.494 e. The van der Waals surface area contributed by atoms with Gasteiger partial charge in [-0.3, -0.25) is 0 Å². The second kappa shape index (κ2) is 17.9. The van der Waals surface area contributed by atoms with Gasteiger partial charge in [0.25, 0.3) is 0 Å². The SMILES string of the molecule is C=CCCCCCCCOc1ccc(C(=O)Oc2ccc(-c3ccc(OC(C)CCCCCC)cc3)cc2)cc1. The fourth-order valence-corrected chi connectivity index (χ4v) is 4.56. The van der Waals surface area contributed by atoms with Crippen molar-refractivity contribution >= 4 is 5.97 Å². The van der Waals surface area contributed by atoms with Crippen LogP contribution in [0.3, 0.4) is 0 Å². The minimum absolute atomic E-state index is 0.216. The molecule has 0 saturated carbocycles. The third kappa shape index (κ3) is 11.3. The molecule has 1 unspecified atom stereocenters. The molecule has 3 rings (SSSR count). The molecular formula is C36H46O4. The summed E-state index contributed by atoms with van der Waals surface area (Å²) in [5, 5.41) is 0. The van der Waals surface area contributed by atoms with E-state index in [9.17, 15) is 4.79 Å². The van der Waals surface area contributed by atoms with Crippen molar-refractivity contribution in [2.45, 2.75) is 90.6 Å². The molecule has 40 heavy (non-hydrogen) atoms. The molecule has 0 aliphatic rings. The smallest absolute Gasteiger partial charge is 0.343 e. The Hall–Kier alpha value is -3.53. The number of unbranched alkanes of at least 4 members (excludes halogenated alkanes) is 8. The summed E-state index contributed by atoms with van der Waals surface area (Å²) in [5.74, 6) is 1.79. The molecule has 3 aromatic rings. The third-order valence-corrected chi connectivity index (χ3v) is 6.97. The van der Waals surface area contributed by atoms with Gasteiger partial charge in [-0.1, -0.05) is 75.8 Å². The number of ether oxygens (including phenoxy) is 3. The Balaban J connectivity index is 1.41. The lowest BCUT2D eigenvalue weighted by atomic mass is 10.1. The van der Waals surface area contributed by atoms with Gasteiger partial charge in [-0.05, 0) is 98.7 Å². The molecule has 0 aromatic heterocycles. The molecule has 0 heterocycles. The van der Waals surface area contributed by atoms with Crippen molar-refractivity contribution in [3.63, 3.8) is 0 Å². The van der Waals surface area contributed by atoms with E-state index in [4.69, 9.17) is 14.2 Å². The summed E-state index contributed by atoms with van der Waals surface area (Å²) in [7, 11) is 0. The lowest BCUT2D eigenvalue weighted by Crippen LogP contribution is -2.11. The van der Waals surface area contributed by atoms with Crippen LogP contribution in [0.4, 0.5) is 0 Å². The predicted octanol–water partition coefficient (Wildman–Crippen LogP) is 10.2. The van der Waals surface area contributed by atoms with Gasteiger partial charge in [0.2, 0.25) is 0 Å². The molecule has 0 spiro atoms. The molecule has 0 aliphatic carbocycles. The van der Waals surface area contributed by atoms with E-state index in [1.165, 1.54) is 51.4 Å². The van der Waals surface area contributed by atoms with Crippen molar-refractivity contribution < 1.29 is 19.0 Å². The highest BCUT2D eigenvalue weighted by Gasteiger charge is 2.10. The van der Waals surface area contributed by atoms with Gasteiger partial charge in [0.1, 0.15) is 17.2 Å². The minimum atomic E-state index is -0.385. The van der Waals surface area contributed by atoms with Gasteiger partial charge in [0, 0.05) is 0 Å². The van der Waals surface area contributed by atoms with Crippen molar-refractivity contribution in [1.82, 2.24) is 0 Å². The molecule has 0 amide bonds. The van der Waals surface area contributed by atoms with Crippen molar-refractivity contribution in [3.05, 3.63) is 91.0 Å². The maximum atomic E-state index is 12.6. The Morgan fingerprint density at radius 2 is 1.30 bits per heavy atom. The fraction of sp³-hybridized carbons (Fsp3) is 0.417. The van der Waals surface area contributed by atoms with E-state index in [-0.39, 0.29) is 12.1 Å². The van der Waals surface area contributed by atoms with E-state index in [0.29, 0.717) is 17.9 Å². The number of rotatable bonds is 19. The van der Waals surface area contributed by atoms with Crippen molar-refractivity contribution in [1.29, 1.82) is 0 Å². The maximum absolute atomic E-state index is 12.6. The summed E-state index contributed by atoms with van der Waals surface area (Å²) in [5.41, 5.74) is 2.63. The highest BCUT2D eigenvalue weighted by atomic mass is 16.5. The van der Waals surface area contributed by atoms with Gasteiger partial charge < -0.3 is 14.2 Å². The number of esters is 1. The average Bonchev–Trinajstić information content (AvgIpc) is 2.98. The quantitative estimate of drug-likeness (QED) is 0.0654. The Morgan fingerprint density at radius 3 is 1.95 bits per heavy atom. The second-order valence-corrected chi connectivity index (χ2v) is 10.4. The topological polar surface area (TPSA) is 44.8 Å². The molecule has 0 saturated heterocycles. The summed E-state index contributed by atoms with van der Waals surface area (Å²) in [4.78, 5) is 12.6. The monoisotopic (exact) mass is 542 g/mol. The van der Waals surface area contributed by atoms with Crippen LogP contribution < -0.4 is 14.2 Å². The summed E-state index contributed by atoms with van der Waals surface area (Å²) < 4.78 is 17.5. The first-order chi connectivity index (χ1) is 19.6. The molecule has 0 radical (unpaired) electrons. The molecule has 0 N–H and O–H groups in total.